The second kappa shape index (κ2) is 5.89. The molecule has 0 heterocycles. The molecule has 0 saturated heterocycles. The molecule has 0 aliphatic rings. The number of aryl methyl sites for hydroxylation is 1. The first kappa shape index (κ1) is 14.3. The molecule has 0 aliphatic heterocycles. The number of rotatable bonds is 3. The number of benzene rings is 2. The molecule has 0 amide bonds. The minimum absolute atomic E-state index is 0.285. The molecule has 19 heavy (non-hydrogen) atoms. The Hall–Kier alpha value is -1.12. The monoisotopic (exact) mass is 300 g/mol. The summed E-state index contributed by atoms with van der Waals surface area (Å²) in [6.45, 7) is 1.90. The minimum Gasteiger partial charge on any atom is -0.207 e. The van der Waals surface area contributed by atoms with Crippen LogP contribution in [0.25, 0.3) is 0 Å². The molecule has 0 saturated carbocycles. The molecular formula is C15H12Cl2F2. The van der Waals surface area contributed by atoms with Gasteiger partial charge in [0.15, 0.2) is 0 Å². The van der Waals surface area contributed by atoms with Gasteiger partial charge in [-0.2, -0.15) is 0 Å². The molecule has 2 aromatic carbocycles. The summed E-state index contributed by atoms with van der Waals surface area (Å²) in [6, 6.07) is 9.01. The van der Waals surface area contributed by atoms with E-state index < -0.39 is 17.0 Å². The van der Waals surface area contributed by atoms with Gasteiger partial charge in [-0.3, -0.25) is 0 Å². The quantitative estimate of drug-likeness (QED) is 0.661. The number of halogens is 4. The van der Waals surface area contributed by atoms with Crippen LogP contribution in [0.4, 0.5) is 8.78 Å². The molecule has 2 rings (SSSR count). The molecule has 1 atom stereocenters. The van der Waals surface area contributed by atoms with E-state index in [1.807, 2.05) is 19.1 Å². The molecule has 0 spiro atoms. The van der Waals surface area contributed by atoms with E-state index in [9.17, 15) is 8.78 Å². The Kier molecular flexibility index (Phi) is 4.43. The van der Waals surface area contributed by atoms with Crippen molar-refractivity contribution < 1.29 is 8.78 Å². The van der Waals surface area contributed by atoms with Crippen molar-refractivity contribution in [3.63, 3.8) is 0 Å². The summed E-state index contributed by atoms with van der Waals surface area (Å²) in [7, 11) is 0. The maximum absolute atomic E-state index is 13.5. The van der Waals surface area contributed by atoms with Crippen LogP contribution in [0, 0.1) is 18.6 Å². The average Bonchev–Trinajstić information content (AvgIpc) is 2.36. The van der Waals surface area contributed by atoms with Gasteiger partial charge in [-0.1, -0.05) is 29.8 Å². The van der Waals surface area contributed by atoms with E-state index in [0.29, 0.717) is 10.6 Å². The SMILES string of the molecule is Cc1ccc(C(Cl)Cc2ccc(F)cc2F)cc1Cl. The fourth-order valence-electron chi connectivity index (χ4n) is 1.80. The molecule has 0 bridgehead atoms. The second-order valence-electron chi connectivity index (χ2n) is 4.42. The van der Waals surface area contributed by atoms with Gasteiger partial charge in [0.05, 0.1) is 5.38 Å². The van der Waals surface area contributed by atoms with Gasteiger partial charge in [0.2, 0.25) is 0 Å². The molecule has 2 aromatic rings. The van der Waals surface area contributed by atoms with Crippen molar-refractivity contribution in [2.24, 2.45) is 0 Å². The van der Waals surface area contributed by atoms with E-state index in [1.165, 1.54) is 12.1 Å². The highest BCUT2D eigenvalue weighted by atomic mass is 35.5. The van der Waals surface area contributed by atoms with E-state index in [2.05, 4.69) is 0 Å². The normalized spacial score (nSPS) is 12.5. The predicted molar refractivity (Wildman–Crippen MR) is 74.8 cm³/mol. The zero-order valence-electron chi connectivity index (χ0n) is 10.3. The molecule has 1 unspecified atom stereocenters. The first-order valence-corrected chi connectivity index (χ1v) is 6.63. The molecule has 0 aromatic heterocycles. The van der Waals surface area contributed by atoms with E-state index in [-0.39, 0.29) is 6.42 Å². The zero-order valence-corrected chi connectivity index (χ0v) is 11.8. The van der Waals surface area contributed by atoms with Gasteiger partial charge in [0, 0.05) is 11.1 Å². The lowest BCUT2D eigenvalue weighted by Gasteiger charge is -2.12. The van der Waals surface area contributed by atoms with Crippen LogP contribution in [0.2, 0.25) is 5.02 Å². The smallest absolute Gasteiger partial charge is 0.129 e. The number of hydrogen-bond acceptors (Lipinski definition) is 0. The Labute approximate surface area is 121 Å². The molecule has 100 valence electrons. The molecule has 0 fully saturated rings. The van der Waals surface area contributed by atoms with Crippen LogP contribution in [0.3, 0.4) is 0 Å². The number of alkyl halides is 1. The van der Waals surface area contributed by atoms with Crippen LogP contribution in [-0.4, -0.2) is 0 Å². The van der Waals surface area contributed by atoms with Crippen LogP contribution in [0.15, 0.2) is 36.4 Å². The summed E-state index contributed by atoms with van der Waals surface area (Å²) < 4.78 is 26.4. The Bertz CT molecular complexity index is 597. The van der Waals surface area contributed by atoms with Crippen molar-refractivity contribution in [2.75, 3.05) is 0 Å². The van der Waals surface area contributed by atoms with Crippen molar-refractivity contribution in [3.8, 4) is 0 Å². The lowest BCUT2D eigenvalue weighted by molar-refractivity contribution is 0.570. The van der Waals surface area contributed by atoms with E-state index in [4.69, 9.17) is 23.2 Å². The van der Waals surface area contributed by atoms with E-state index in [1.54, 1.807) is 6.07 Å². The topological polar surface area (TPSA) is 0 Å². The summed E-state index contributed by atoms with van der Waals surface area (Å²) in [4.78, 5) is 0. The third-order valence-electron chi connectivity index (χ3n) is 2.97. The second-order valence-corrected chi connectivity index (χ2v) is 5.35. The lowest BCUT2D eigenvalue weighted by Crippen LogP contribution is -1.99. The van der Waals surface area contributed by atoms with Gasteiger partial charge in [-0.15, -0.1) is 11.6 Å². The summed E-state index contributed by atoms with van der Waals surface area (Å²) in [5.41, 5.74) is 2.17. The Morgan fingerprint density at radius 2 is 1.84 bits per heavy atom. The molecule has 0 N–H and O–H groups in total. The third-order valence-corrected chi connectivity index (χ3v) is 3.79. The fourth-order valence-corrected chi connectivity index (χ4v) is 2.29. The highest BCUT2D eigenvalue weighted by Gasteiger charge is 2.13. The van der Waals surface area contributed by atoms with Gasteiger partial charge in [-0.05, 0) is 42.2 Å². The predicted octanol–water partition coefficient (Wildman–Crippen LogP) is 5.45. The molecular weight excluding hydrogens is 289 g/mol. The minimum atomic E-state index is -0.592. The fraction of sp³-hybridized carbons (Fsp3) is 0.200. The van der Waals surface area contributed by atoms with Gasteiger partial charge < -0.3 is 0 Å². The first-order chi connectivity index (χ1) is 8.97. The highest BCUT2D eigenvalue weighted by Crippen LogP contribution is 2.29. The Balaban J connectivity index is 2.20. The van der Waals surface area contributed by atoms with Crippen LogP contribution in [0.1, 0.15) is 22.1 Å². The van der Waals surface area contributed by atoms with E-state index >= 15 is 0 Å². The first-order valence-electron chi connectivity index (χ1n) is 5.81. The van der Waals surface area contributed by atoms with Crippen molar-refractivity contribution in [1.29, 1.82) is 0 Å². The van der Waals surface area contributed by atoms with Gasteiger partial charge in [0.25, 0.3) is 0 Å². The molecule has 4 heteroatoms. The van der Waals surface area contributed by atoms with Gasteiger partial charge >= 0.3 is 0 Å². The zero-order chi connectivity index (χ0) is 14.0. The standard InChI is InChI=1S/C15H12Cl2F2/c1-9-2-3-10(6-13(9)16)14(17)7-11-4-5-12(18)8-15(11)19/h2-6,8,14H,7H2,1H3. The van der Waals surface area contributed by atoms with Crippen LogP contribution in [-0.2, 0) is 6.42 Å². The number of hydrogen-bond donors (Lipinski definition) is 0. The van der Waals surface area contributed by atoms with Crippen molar-refractivity contribution >= 4 is 23.2 Å². The summed E-state index contributed by atoms with van der Waals surface area (Å²) in [6.07, 6.45) is 0.285. The van der Waals surface area contributed by atoms with Gasteiger partial charge in [-0.25, -0.2) is 8.78 Å². The maximum atomic E-state index is 13.5. The average molecular weight is 301 g/mol. The van der Waals surface area contributed by atoms with Crippen molar-refractivity contribution in [3.05, 3.63) is 69.7 Å². The Morgan fingerprint density at radius 3 is 2.47 bits per heavy atom. The lowest BCUT2D eigenvalue weighted by atomic mass is 10.0. The van der Waals surface area contributed by atoms with Crippen LogP contribution >= 0.6 is 23.2 Å². The molecule has 0 radical (unpaired) electrons. The Morgan fingerprint density at radius 1 is 1.11 bits per heavy atom. The molecule has 0 aliphatic carbocycles. The molecule has 0 nitrogen and oxygen atoms in total. The van der Waals surface area contributed by atoms with E-state index in [0.717, 1.165) is 17.2 Å². The third kappa shape index (κ3) is 3.46. The maximum Gasteiger partial charge on any atom is 0.129 e. The highest BCUT2D eigenvalue weighted by molar-refractivity contribution is 6.31. The van der Waals surface area contributed by atoms with Crippen molar-refractivity contribution in [2.45, 2.75) is 18.7 Å². The van der Waals surface area contributed by atoms with Crippen LogP contribution in [0.5, 0.6) is 0 Å². The summed E-state index contributed by atoms with van der Waals surface area (Å²) in [5.74, 6) is -1.17. The van der Waals surface area contributed by atoms with Crippen molar-refractivity contribution in [1.82, 2.24) is 0 Å². The van der Waals surface area contributed by atoms with Gasteiger partial charge in [0.1, 0.15) is 11.6 Å². The largest absolute Gasteiger partial charge is 0.207 e. The van der Waals surface area contributed by atoms with Crippen LogP contribution < -0.4 is 0 Å². The summed E-state index contributed by atoms with van der Waals surface area (Å²) in [5, 5.41) is 0.223. The summed E-state index contributed by atoms with van der Waals surface area (Å²) >= 11 is 12.3.